The average Bonchev–Trinajstić information content (AvgIpc) is 3.42. The number of hydrogen-bond acceptors (Lipinski definition) is 10. The van der Waals surface area contributed by atoms with E-state index in [1.54, 1.807) is 89.8 Å². The first-order valence-electron chi connectivity index (χ1n) is 22.8. The first-order valence-corrected chi connectivity index (χ1v) is 23.6. The van der Waals surface area contributed by atoms with Crippen molar-refractivity contribution in [3.63, 3.8) is 0 Å². The third-order valence-electron chi connectivity index (χ3n) is 10.8. The van der Waals surface area contributed by atoms with Crippen molar-refractivity contribution in [2.75, 3.05) is 13.1 Å². The van der Waals surface area contributed by atoms with Crippen LogP contribution in [0.5, 0.6) is 0 Å². The molecule has 0 atom stereocenters. The fraction of sp³-hybridized carbons (Fsp3) is 0.226. The Morgan fingerprint density at radius 2 is 0.937 bits per heavy atom. The van der Waals surface area contributed by atoms with Gasteiger partial charge in [0, 0.05) is 74.5 Å². The Morgan fingerprint density at radius 3 is 1.33 bits per heavy atom. The monoisotopic (exact) mass is 1220 g/mol. The van der Waals surface area contributed by atoms with E-state index in [1.807, 2.05) is 0 Å². The minimum atomic E-state index is -4.94. The lowest BCUT2D eigenvalue weighted by Crippen LogP contribution is -2.36. The Labute approximate surface area is 471 Å². The summed E-state index contributed by atoms with van der Waals surface area (Å²) in [5.41, 5.74) is 16.6. The zero-order valence-electron chi connectivity index (χ0n) is 40.8. The Kier molecular flexibility index (Phi) is 31.4. The van der Waals surface area contributed by atoms with Gasteiger partial charge < -0.3 is 37.5 Å². The molecule has 12 nitrogen and oxygen atoms in total. The summed E-state index contributed by atoms with van der Waals surface area (Å²) in [6, 6.07) is 27.5. The minimum Gasteiger partial charge on any atom is -0.423 e. The predicted molar refractivity (Wildman–Crippen MR) is 291 cm³/mol. The SMILES string of the molecule is C.Cl.Cl.NCc1ccc(F)c(-c2ccncc2)c1.NCc1ccc(F)c(Br)c1.O=C(NCc1ccc(F)c(-c2ccncc2)c1)C(F)(F)F.O=C(NCc1ccc(F)c(C2CCNCC2)c1)C(F)(F)F.OB(O)c1ccncc1. The number of nitrogens with zero attached hydrogens (tertiary/aromatic N) is 3. The Bertz CT molecular complexity index is 2920. The van der Waals surface area contributed by atoms with Gasteiger partial charge in [-0.25, -0.2) is 17.6 Å². The second-order valence-electron chi connectivity index (χ2n) is 16.2. The van der Waals surface area contributed by atoms with Crippen molar-refractivity contribution in [1.29, 1.82) is 0 Å². The number of piperidine rings is 1. The van der Waals surface area contributed by atoms with Crippen LogP contribution in [0.4, 0.5) is 43.9 Å². The van der Waals surface area contributed by atoms with Gasteiger partial charge in [0.1, 0.15) is 23.3 Å². The fourth-order valence-corrected chi connectivity index (χ4v) is 7.23. The van der Waals surface area contributed by atoms with Crippen molar-refractivity contribution in [1.82, 2.24) is 30.9 Å². The van der Waals surface area contributed by atoms with Gasteiger partial charge in [-0.2, -0.15) is 26.3 Å². The quantitative estimate of drug-likeness (QED) is 0.0511. The first-order chi connectivity index (χ1) is 36.1. The Hall–Kier alpha value is -6.51. The van der Waals surface area contributed by atoms with Crippen molar-refractivity contribution in [2.45, 2.75) is 64.7 Å². The van der Waals surface area contributed by atoms with E-state index >= 15 is 0 Å². The molecule has 0 radical (unpaired) electrons. The summed E-state index contributed by atoms with van der Waals surface area (Å²) in [5.74, 6) is -5.31. The second kappa shape index (κ2) is 35.2. The molecule has 1 aliphatic heterocycles. The zero-order chi connectivity index (χ0) is 55.8. The standard InChI is InChI=1S/C14H16F4N2O.C14H10F4N2O.C12H11FN2.C7H7BrFN.C5H6BNO2.CH4.2ClH/c2*15-12-2-1-9(8-20-13(21)14(16,17)18)7-11(12)10-3-5-19-6-4-10;13-12-2-1-9(8-14)7-11(12)10-3-5-15-6-4-10;8-6-3-5(4-10)1-2-7(6)9;8-6(9)5-1-3-7-4-2-5;;;/h1-2,7,10,19H,3-6,8H2,(H,20,21);1-7H,8H2,(H,20,21);1-7H,8,14H2;1-3H,4,10H2;1-4,8-9H;1H4;2*1H. The van der Waals surface area contributed by atoms with Crippen LogP contribution in [0.3, 0.4) is 0 Å². The molecular formula is C53H56BBrCl2F10N8O4. The minimum absolute atomic E-state index is 0. The number of nitrogens with two attached hydrogens (primary N) is 2. The summed E-state index contributed by atoms with van der Waals surface area (Å²) in [4.78, 5) is 32.9. The van der Waals surface area contributed by atoms with Crippen LogP contribution in [-0.4, -0.2) is 69.4 Å². The van der Waals surface area contributed by atoms with Crippen LogP contribution in [-0.2, 0) is 35.8 Å². The Balaban J connectivity index is 0.000000506. The molecular weight excluding hydrogens is 1160 g/mol. The molecule has 0 saturated carbocycles. The molecule has 7 aromatic rings. The maximum absolute atomic E-state index is 13.9. The van der Waals surface area contributed by atoms with E-state index in [2.05, 4.69) is 36.2 Å². The number of aromatic nitrogens is 3. The van der Waals surface area contributed by atoms with Crippen LogP contribution in [0.1, 0.15) is 54.0 Å². The molecule has 1 aliphatic rings. The van der Waals surface area contributed by atoms with E-state index in [4.69, 9.17) is 21.5 Å². The first kappa shape index (κ1) is 70.5. The van der Waals surface area contributed by atoms with E-state index in [0.29, 0.717) is 50.8 Å². The van der Waals surface area contributed by atoms with Crippen molar-refractivity contribution in [2.24, 2.45) is 11.5 Å². The highest BCUT2D eigenvalue weighted by Gasteiger charge is 2.39. The summed E-state index contributed by atoms with van der Waals surface area (Å²) in [5, 5.41) is 23.8. The second-order valence-corrected chi connectivity index (χ2v) is 17.0. The van der Waals surface area contributed by atoms with Gasteiger partial charge in [-0.15, -0.1) is 24.8 Å². The third-order valence-corrected chi connectivity index (χ3v) is 11.4. The summed E-state index contributed by atoms with van der Waals surface area (Å²) >= 11 is 3.06. The highest BCUT2D eigenvalue weighted by atomic mass is 79.9. The zero-order valence-corrected chi connectivity index (χ0v) is 44.1. The molecule has 26 heteroatoms. The number of rotatable bonds is 10. The topological polar surface area (TPSA) is 201 Å². The van der Waals surface area contributed by atoms with E-state index in [9.17, 15) is 53.5 Å². The van der Waals surface area contributed by atoms with Crippen LogP contribution < -0.4 is 32.9 Å². The van der Waals surface area contributed by atoms with Gasteiger partial charge in [-0.05, 0) is 171 Å². The number of carbonyl (C=O) groups excluding carboxylic acids is 2. The van der Waals surface area contributed by atoms with Crippen LogP contribution in [0.2, 0.25) is 0 Å². The van der Waals surface area contributed by atoms with E-state index in [-0.39, 0.29) is 74.3 Å². The van der Waals surface area contributed by atoms with Crippen LogP contribution in [0, 0.1) is 23.3 Å². The Morgan fingerprint density at radius 1 is 0.570 bits per heavy atom. The van der Waals surface area contributed by atoms with Crippen molar-refractivity contribution >= 4 is 65.1 Å². The highest BCUT2D eigenvalue weighted by Crippen LogP contribution is 2.29. The lowest BCUT2D eigenvalue weighted by Gasteiger charge is -2.24. The number of benzene rings is 4. The van der Waals surface area contributed by atoms with Crippen LogP contribution in [0.15, 0.2) is 151 Å². The van der Waals surface area contributed by atoms with Gasteiger partial charge >= 0.3 is 31.3 Å². The number of halogens is 13. The maximum atomic E-state index is 13.9. The molecule has 2 amide bonds. The van der Waals surface area contributed by atoms with Gasteiger partial charge in [0.15, 0.2) is 0 Å². The smallest absolute Gasteiger partial charge is 0.423 e. The molecule has 0 bridgehead atoms. The molecule has 4 aromatic carbocycles. The molecule has 0 aliphatic carbocycles. The molecule has 0 unspecified atom stereocenters. The number of pyridine rings is 3. The molecule has 79 heavy (non-hydrogen) atoms. The summed E-state index contributed by atoms with van der Waals surface area (Å²) in [7, 11) is -1.38. The molecule has 1 fully saturated rings. The number of amides is 2. The van der Waals surface area contributed by atoms with Crippen molar-refractivity contribution in [3.05, 3.63) is 202 Å². The van der Waals surface area contributed by atoms with Crippen molar-refractivity contribution in [3.8, 4) is 22.3 Å². The molecule has 3 aromatic heterocycles. The molecule has 1 saturated heterocycles. The summed E-state index contributed by atoms with van der Waals surface area (Å²) in [6.07, 6.45) is 0.994. The molecule has 426 valence electrons. The summed E-state index contributed by atoms with van der Waals surface area (Å²) in [6.45, 7) is 1.84. The van der Waals surface area contributed by atoms with Gasteiger partial charge in [0.2, 0.25) is 0 Å². The average molecular weight is 1220 g/mol. The van der Waals surface area contributed by atoms with Gasteiger partial charge in [-0.3, -0.25) is 24.5 Å². The lowest BCUT2D eigenvalue weighted by atomic mass is 9.81. The van der Waals surface area contributed by atoms with Gasteiger partial charge in [0.05, 0.1) is 4.47 Å². The molecule has 9 N–H and O–H groups in total. The van der Waals surface area contributed by atoms with Crippen molar-refractivity contribution < 1.29 is 63.5 Å². The van der Waals surface area contributed by atoms with Gasteiger partial charge in [-0.1, -0.05) is 37.8 Å². The van der Waals surface area contributed by atoms with E-state index < -0.39 is 37.1 Å². The largest absolute Gasteiger partial charge is 0.488 e. The fourth-order valence-electron chi connectivity index (χ4n) is 6.80. The van der Waals surface area contributed by atoms with Gasteiger partial charge in [0.25, 0.3) is 0 Å². The van der Waals surface area contributed by atoms with E-state index in [0.717, 1.165) is 48.7 Å². The highest BCUT2D eigenvalue weighted by molar-refractivity contribution is 9.10. The van der Waals surface area contributed by atoms with E-state index in [1.165, 1.54) is 61.2 Å². The number of carbonyl (C=O) groups is 2. The number of nitrogens with one attached hydrogen (secondary N) is 3. The van der Waals surface area contributed by atoms with Crippen LogP contribution >= 0.6 is 40.7 Å². The van der Waals surface area contributed by atoms with Crippen LogP contribution in [0.25, 0.3) is 22.3 Å². The number of alkyl halides is 6. The third kappa shape index (κ3) is 24.2. The molecule has 8 rings (SSSR count). The lowest BCUT2D eigenvalue weighted by molar-refractivity contribution is -0.173. The summed E-state index contributed by atoms with van der Waals surface area (Å²) < 4.78 is 127. The number of hydrogen-bond donors (Lipinski definition) is 7. The maximum Gasteiger partial charge on any atom is 0.488 e. The predicted octanol–water partition coefficient (Wildman–Crippen LogP) is 10.2. The normalized spacial score (nSPS) is 11.7. The molecule has 0 spiro atoms. The molecule has 4 heterocycles.